The summed E-state index contributed by atoms with van der Waals surface area (Å²) in [4.78, 5) is 73.9. The maximum atomic E-state index is 15.2. The standard InChI is InChI=1S/C45H49F2N11O4/c1-25(2)57-26(3)51-41-34(46)17-29(18-37(41)57)40-35(47)22-50-45(54-40)52-38-10-6-28(21-49-38)23-55-15-12-27(13-16-55)20-48-30-5-4-14-56(24-30)31-7-8-32-33(19-31)44(62)58(43(32)61)36-9-11-39(59)53-42(36)60/h6-8,10,17-19,21-22,25,27,30,36,48H,4-5,9,11-16,20,23-24H2,1-3H3,(H,53,59,60)(H,49,50,52,54)/t30-,36?/m1/s1. The lowest BCUT2D eigenvalue weighted by molar-refractivity contribution is -0.136. The molecule has 3 aromatic heterocycles. The van der Waals surface area contributed by atoms with Crippen LogP contribution in [0, 0.1) is 24.5 Å². The summed E-state index contributed by atoms with van der Waals surface area (Å²) in [5.41, 5.74) is 3.60. The first-order valence-electron chi connectivity index (χ1n) is 21.4. The number of piperidine rings is 3. The molecule has 2 aromatic carbocycles. The fraction of sp³-hybridized carbons (Fsp3) is 0.422. The van der Waals surface area contributed by atoms with Crippen LogP contribution in [0.4, 0.5) is 26.2 Å². The number of aromatic nitrogens is 5. The number of carbonyl (C=O) groups is 4. The molecule has 3 fully saturated rings. The number of aryl methyl sites for hydroxylation is 1. The minimum absolute atomic E-state index is 0.0236. The highest BCUT2D eigenvalue weighted by Gasteiger charge is 2.45. The van der Waals surface area contributed by atoms with E-state index in [4.69, 9.17) is 0 Å². The topological polar surface area (TPSA) is 171 Å². The molecule has 4 aliphatic rings. The molecule has 62 heavy (non-hydrogen) atoms. The summed E-state index contributed by atoms with van der Waals surface area (Å²) >= 11 is 0. The lowest BCUT2D eigenvalue weighted by Crippen LogP contribution is -2.54. The van der Waals surface area contributed by atoms with Crippen LogP contribution in [0.3, 0.4) is 0 Å². The Labute approximate surface area is 357 Å². The van der Waals surface area contributed by atoms with Crippen LogP contribution in [-0.2, 0) is 16.1 Å². The van der Waals surface area contributed by atoms with Crippen molar-refractivity contribution in [3.8, 4) is 11.3 Å². The summed E-state index contributed by atoms with van der Waals surface area (Å²) < 4.78 is 32.1. The number of amides is 4. The number of likely N-dealkylation sites (tertiary alicyclic amines) is 1. The molecule has 3 saturated heterocycles. The van der Waals surface area contributed by atoms with Gasteiger partial charge in [-0.15, -0.1) is 0 Å². The highest BCUT2D eigenvalue weighted by atomic mass is 19.1. The molecule has 2 atom stereocenters. The van der Waals surface area contributed by atoms with Crippen molar-refractivity contribution in [2.75, 3.05) is 42.9 Å². The number of benzene rings is 2. The van der Waals surface area contributed by atoms with Gasteiger partial charge in [0, 0.05) is 55.6 Å². The Morgan fingerprint density at radius 1 is 0.871 bits per heavy atom. The SMILES string of the molecule is Cc1nc2c(F)cc(-c3nc(Nc4ccc(CN5CCC(CN[C@@H]6CCCN(c7ccc8c(c7)C(=O)N(C7CCC(=O)NC7=O)C8=O)C6)CC5)cn4)ncc3F)cc2n1C(C)C. The molecule has 7 heterocycles. The van der Waals surface area contributed by atoms with Gasteiger partial charge in [0.1, 0.15) is 28.9 Å². The maximum Gasteiger partial charge on any atom is 0.262 e. The van der Waals surface area contributed by atoms with Gasteiger partial charge in [-0.1, -0.05) is 6.07 Å². The van der Waals surface area contributed by atoms with Crippen molar-refractivity contribution in [3.05, 3.63) is 89.0 Å². The summed E-state index contributed by atoms with van der Waals surface area (Å²) in [6.07, 6.45) is 7.28. The van der Waals surface area contributed by atoms with E-state index in [1.165, 1.54) is 6.07 Å². The second-order valence-corrected chi connectivity index (χ2v) is 17.1. The highest BCUT2D eigenvalue weighted by Crippen LogP contribution is 2.33. The fourth-order valence-electron chi connectivity index (χ4n) is 9.37. The van der Waals surface area contributed by atoms with Crippen LogP contribution < -0.4 is 20.9 Å². The van der Waals surface area contributed by atoms with E-state index < -0.39 is 41.3 Å². The van der Waals surface area contributed by atoms with Crippen LogP contribution in [-0.4, -0.2) is 103 Å². The maximum absolute atomic E-state index is 15.2. The van der Waals surface area contributed by atoms with E-state index >= 15 is 8.78 Å². The van der Waals surface area contributed by atoms with Crippen molar-refractivity contribution in [2.45, 2.75) is 84.0 Å². The van der Waals surface area contributed by atoms with E-state index in [2.05, 4.69) is 45.7 Å². The summed E-state index contributed by atoms with van der Waals surface area (Å²) in [7, 11) is 0. The fourth-order valence-corrected chi connectivity index (χ4v) is 9.37. The molecule has 0 saturated carbocycles. The second-order valence-electron chi connectivity index (χ2n) is 17.1. The molecular formula is C45H49F2N11O4. The monoisotopic (exact) mass is 845 g/mol. The lowest BCUT2D eigenvalue weighted by Gasteiger charge is -2.37. The molecule has 3 N–H and O–H groups in total. The summed E-state index contributed by atoms with van der Waals surface area (Å²) in [5, 5.41) is 9.12. The Bertz CT molecular complexity index is 2570. The molecule has 15 nitrogen and oxygen atoms in total. The Morgan fingerprint density at radius 2 is 1.68 bits per heavy atom. The molecule has 4 aliphatic heterocycles. The Balaban J connectivity index is 0.749. The zero-order chi connectivity index (χ0) is 43.2. The molecule has 5 aromatic rings. The summed E-state index contributed by atoms with van der Waals surface area (Å²) in [6.45, 7) is 11.0. The Hall–Kier alpha value is -6.20. The van der Waals surface area contributed by atoms with Gasteiger partial charge in [-0.3, -0.25) is 34.3 Å². The van der Waals surface area contributed by atoms with Crippen molar-refractivity contribution in [2.24, 2.45) is 5.92 Å². The number of anilines is 3. The summed E-state index contributed by atoms with van der Waals surface area (Å²) in [6, 6.07) is 11.5. The number of halogens is 2. The molecule has 0 radical (unpaired) electrons. The number of rotatable bonds is 11. The minimum Gasteiger partial charge on any atom is -0.370 e. The highest BCUT2D eigenvalue weighted by molar-refractivity contribution is 6.23. The number of pyridine rings is 1. The van der Waals surface area contributed by atoms with Crippen LogP contribution in [0.1, 0.15) is 90.5 Å². The van der Waals surface area contributed by atoms with Gasteiger partial charge in [-0.05, 0) is 120 Å². The number of carbonyl (C=O) groups excluding carboxylic acids is 4. The molecule has 1 unspecified atom stereocenters. The van der Waals surface area contributed by atoms with E-state index in [9.17, 15) is 19.2 Å². The number of nitrogens with one attached hydrogen (secondary N) is 3. The van der Waals surface area contributed by atoms with Crippen LogP contribution in [0.25, 0.3) is 22.3 Å². The van der Waals surface area contributed by atoms with Gasteiger partial charge in [0.2, 0.25) is 17.8 Å². The quantitative estimate of drug-likeness (QED) is 0.140. The third kappa shape index (κ3) is 8.13. The second kappa shape index (κ2) is 16.9. The van der Waals surface area contributed by atoms with Crippen molar-refractivity contribution in [3.63, 3.8) is 0 Å². The predicted octanol–water partition coefficient (Wildman–Crippen LogP) is 5.67. The van der Waals surface area contributed by atoms with Crippen LogP contribution in [0.2, 0.25) is 0 Å². The minimum atomic E-state index is -0.984. The molecule has 4 amide bonds. The van der Waals surface area contributed by atoms with Crippen molar-refractivity contribution < 1.29 is 28.0 Å². The van der Waals surface area contributed by atoms with Crippen LogP contribution >= 0.6 is 0 Å². The number of hydrogen-bond acceptors (Lipinski definition) is 12. The van der Waals surface area contributed by atoms with E-state index in [-0.39, 0.29) is 53.2 Å². The molecular weight excluding hydrogens is 797 g/mol. The number of fused-ring (bicyclic) bond motifs is 2. The average molecular weight is 846 g/mol. The number of imide groups is 2. The number of hydrogen-bond donors (Lipinski definition) is 3. The first kappa shape index (κ1) is 41.2. The van der Waals surface area contributed by atoms with Crippen LogP contribution in [0.15, 0.2) is 54.9 Å². The predicted molar refractivity (Wildman–Crippen MR) is 228 cm³/mol. The molecule has 0 bridgehead atoms. The van der Waals surface area contributed by atoms with Crippen molar-refractivity contribution >= 4 is 52.1 Å². The van der Waals surface area contributed by atoms with Crippen molar-refractivity contribution in [1.82, 2.24) is 44.9 Å². The van der Waals surface area contributed by atoms with Gasteiger partial charge in [0.15, 0.2) is 11.6 Å². The smallest absolute Gasteiger partial charge is 0.262 e. The van der Waals surface area contributed by atoms with E-state index in [0.29, 0.717) is 28.6 Å². The largest absolute Gasteiger partial charge is 0.370 e. The average Bonchev–Trinajstić information content (AvgIpc) is 3.73. The van der Waals surface area contributed by atoms with Gasteiger partial charge in [-0.25, -0.2) is 28.7 Å². The van der Waals surface area contributed by atoms with Gasteiger partial charge < -0.3 is 20.1 Å². The Morgan fingerprint density at radius 3 is 2.44 bits per heavy atom. The van der Waals surface area contributed by atoms with E-state index in [0.717, 1.165) is 87.3 Å². The van der Waals surface area contributed by atoms with Crippen molar-refractivity contribution in [1.29, 1.82) is 0 Å². The molecule has 9 rings (SSSR count). The number of nitrogens with zero attached hydrogens (tertiary/aromatic N) is 8. The van der Waals surface area contributed by atoms with Gasteiger partial charge in [-0.2, -0.15) is 0 Å². The van der Waals surface area contributed by atoms with Gasteiger partial charge in [0.25, 0.3) is 11.8 Å². The third-order valence-electron chi connectivity index (χ3n) is 12.5. The molecule has 322 valence electrons. The zero-order valence-corrected chi connectivity index (χ0v) is 35.0. The van der Waals surface area contributed by atoms with Gasteiger partial charge >= 0.3 is 0 Å². The van der Waals surface area contributed by atoms with E-state index in [1.807, 2.05) is 49.7 Å². The normalized spacial score (nSPS) is 20.1. The van der Waals surface area contributed by atoms with E-state index in [1.54, 1.807) is 18.2 Å². The molecule has 0 spiro atoms. The summed E-state index contributed by atoms with van der Waals surface area (Å²) in [5.74, 6) is -1.34. The van der Waals surface area contributed by atoms with Crippen LogP contribution in [0.5, 0.6) is 0 Å². The number of imidazole rings is 1. The van der Waals surface area contributed by atoms with Gasteiger partial charge in [0.05, 0.1) is 22.8 Å². The third-order valence-corrected chi connectivity index (χ3v) is 12.5. The molecule has 0 aliphatic carbocycles. The molecule has 17 heteroatoms. The lowest BCUT2D eigenvalue weighted by atomic mass is 9.95. The first-order chi connectivity index (χ1) is 29.9. The Kier molecular flexibility index (Phi) is 11.2. The zero-order valence-electron chi connectivity index (χ0n) is 35.0. The first-order valence-corrected chi connectivity index (χ1v) is 21.4.